The Morgan fingerprint density at radius 2 is 1.58 bits per heavy atom. The molecule has 0 saturated heterocycles. The lowest BCUT2D eigenvalue weighted by Gasteiger charge is -2.30. The topological polar surface area (TPSA) is 79.6 Å². The third-order valence-corrected chi connectivity index (χ3v) is 6.98. The molecule has 3 rings (SSSR count). The molecular weight excluding hydrogens is 412 g/mol. The number of amides is 1. The van der Waals surface area contributed by atoms with Gasteiger partial charge >= 0.3 is 0 Å². The Bertz CT molecular complexity index is 1080. The van der Waals surface area contributed by atoms with Crippen LogP contribution in [0.15, 0.2) is 82.3 Å². The summed E-state index contributed by atoms with van der Waals surface area (Å²) in [6.07, 6.45) is 1.35. The molecular formula is C24H28N2O4S. The summed E-state index contributed by atoms with van der Waals surface area (Å²) in [5.74, 6) is -0.684. The molecule has 0 unspecified atom stereocenters. The van der Waals surface area contributed by atoms with Crippen molar-refractivity contribution in [1.82, 2.24) is 10.2 Å². The van der Waals surface area contributed by atoms with Crippen molar-refractivity contribution in [3.8, 4) is 0 Å². The predicted octanol–water partition coefficient (Wildman–Crippen LogP) is 4.07. The first-order valence-corrected chi connectivity index (χ1v) is 12.0. The van der Waals surface area contributed by atoms with Gasteiger partial charge in [0, 0.05) is 12.1 Å². The van der Waals surface area contributed by atoms with Crippen LogP contribution in [0.1, 0.15) is 41.6 Å². The molecule has 31 heavy (non-hydrogen) atoms. The average Bonchev–Trinajstić information content (AvgIpc) is 3.25. The van der Waals surface area contributed by atoms with Gasteiger partial charge in [-0.25, -0.2) is 8.42 Å². The van der Waals surface area contributed by atoms with Gasteiger partial charge in [0.2, 0.25) is 0 Å². The Balaban J connectivity index is 1.75. The van der Waals surface area contributed by atoms with E-state index in [0.717, 1.165) is 18.7 Å². The van der Waals surface area contributed by atoms with Crippen LogP contribution in [0.5, 0.6) is 0 Å². The molecule has 0 spiro atoms. The molecule has 0 radical (unpaired) electrons. The zero-order valence-corrected chi connectivity index (χ0v) is 18.6. The summed E-state index contributed by atoms with van der Waals surface area (Å²) in [6.45, 7) is 6.23. The fraction of sp³-hybridized carbons (Fsp3) is 0.292. The predicted molar refractivity (Wildman–Crippen MR) is 120 cm³/mol. The fourth-order valence-electron chi connectivity index (χ4n) is 3.63. The molecule has 0 aliphatic rings. The standard InChI is InChI=1S/C24H28N2O4S/c1-3-26(4-2)22(19-11-7-5-8-12-19)17-25-24(27)23-20(15-16-30-23)18-31(28,29)21-13-9-6-10-14-21/h5-16,22H,3-4,17-18H2,1-2H3,(H,25,27)/t22-/m1/s1. The van der Waals surface area contributed by atoms with Gasteiger partial charge in [-0.2, -0.15) is 0 Å². The van der Waals surface area contributed by atoms with E-state index in [0.29, 0.717) is 12.1 Å². The highest BCUT2D eigenvalue weighted by molar-refractivity contribution is 7.90. The number of hydrogen-bond acceptors (Lipinski definition) is 5. The van der Waals surface area contributed by atoms with E-state index >= 15 is 0 Å². The number of nitrogens with one attached hydrogen (secondary N) is 1. The SMILES string of the molecule is CCN(CC)[C@H](CNC(=O)c1occc1CS(=O)(=O)c1ccccc1)c1ccccc1. The van der Waals surface area contributed by atoms with Gasteiger partial charge in [0.15, 0.2) is 15.6 Å². The molecule has 0 fully saturated rings. The van der Waals surface area contributed by atoms with Gasteiger partial charge in [-0.1, -0.05) is 62.4 Å². The summed E-state index contributed by atoms with van der Waals surface area (Å²) in [5, 5.41) is 2.93. The van der Waals surface area contributed by atoms with Gasteiger partial charge in [0.05, 0.1) is 23.0 Å². The molecule has 0 saturated carbocycles. The Hall–Kier alpha value is -2.90. The summed E-state index contributed by atoms with van der Waals surface area (Å²) < 4.78 is 30.8. The summed E-state index contributed by atoms with van der Waals surface area (Å²) in [4.78, 5) is 15.3. The molecule has 7 heteroatoms. The molecule has 1 N–H and O–H groups in total. The van der Waals surface area contributed by atoms with Crippen molar-refractivity contribution in [3.05, 3.63) is 89.9 Å². The highest BCUT2D eigenvalue weighted by Gasteiger charge is 2.24. The Kier molecular flexibility index (Phi) is 7.65. The highest BCUT2D eigenvalue weighted by atomic mass is 32.2. The number of furan rings is 1. The van der Waals surface area contributed by atoms with Gasteiger partial charge in [-0.3, -0.25) is 9.69 Å². The summed E-state index contributed by atoms with van der Waals surface area (Å²) >= 11 is 0. The molecule has 164 valence electrons. The van der Waals surface area contributed by atoms with Crippen molar-refractivity contribution >= 4 is 15.7 Å². The van der Waals surface area contributed by atoms with Crippen molar-refractivity contribution in [3.63, 3.8) is 0 Å². The quantitative estimate of drug-likeness (QED) is 0.514. The van der Waals surface area contributed by atoms with Crippen LogP contribution in [-0.4, -0.2) is 38.9 Å². The zero-order chi connectivity index (χ0) is 22.3. The van der Waals surface area contributed by atoms with E-state index in [1.807, 2.05) is 30.3 Å². The van der Waals surface area contributed by atoms with Gasteiger partial charge in [-0.15, -0.1) is 0 Å². The van der Waals surface area contributed by atoms with Gasteiger partial charge in [0.25, 0.3) is 5.91 Å². The molecule has 2 aromatic carbocycles. The molecule has 1 aromatic heterocycles. The van der Waals surface area contributed by atoms with Gasteiger partial charge in [-0.05, 0) is 36.9 Å². The van der Waals surface area contributed by atoms with E-state index in [4.69, 9.17) is 4.42 Å². The number of likely N-dealkylation sites (N-methyl/N-ethyl adjacent to an activating group) is 1. The van der Waals surface area contributed by atoms with E-state index in [9.17, 15) is 13.2 Å². The molecule has 3 aromatic rings. The van der Waals surface area contributed by atoms with Crippen LogP contribution in [-0.2, 0) is 15.6 Å². The van der Waals surface area contributed by atoms with Crippen molar-refractivity contribution in [2.45, 2.75) is 30.5 Å². The van der Waals surface area contributed by atoms with Crippen LogP contribution in [0, 0.1) is 0 Å². The summed E-state index contributed by atoms with van der Waals surface area (Å²) in [5.41, 5.74) is 1.46. The minimum absolute atomic E-state index is 0.00612. The van der Waals surface area contributed by atoms with E-state index in [2.05, 4.69) is 24.1 Å². The number of rotatable bonds is 10. The first-order valence-electron chi connectivity index (χ1n) is 10.4. The monoisotopic (exact) mass is 440 g/mol. The van der Waals surface area contributed by atoms with Crippen LogP contribution < -0.4 is 5.32 Å². The lowest BCUT2D eigenvalue weighted by Crippen LogP contribution is -2.38. The lowest BCUT2D eigenvalue weighted by molar-refractivity contribution is 0.0906. The molecule has 1 heterocycles. The van der Waals surface area contributed by atoms with Crippen LogP contribution in [0.4, 0.5) is 0 Å². The molecule has 6 nitrogen and oxygen atoms in total. The molecule has 0 aliphatic carbocycles. The second-order valence-electron chi connectivity index (χ2n) is 7.20. The summed E-state index contributed by atoms with van der Waals surface area (Å²) in [6, 6.07) is 19.7. The third-order valence-electron chi connectivity index (χ3n) is 5.29. The maximum absolute atomic E-state index is 12.9. The molecule has 0 bridgehead atoms. The number of carbonyl (C=O) groups is 1. The summed E-state index contributed by atoms with van der Waals surface area (Å²) in [7, 11) is -3.58. The Morgan fingerprint density at radius 3 is 2.19 bits per heavy atom. The second kappa shape index (κ2) is 10.4. The maximum atomic E-state index is 12.9. The molecule has 0 aliphatic heterocycles. The first-order chi connectivity index (χ1) is 15.0. The van der Waals surface area contributed by atoms with Crippen molar-refractivity contribution in [1.29, 1.82) is 0 Å². The normalized spacial score (nSPS) is 12.6. The van der Waals surface area contributed by atoms with Gasteiger partial charge < -0.3 is 9.73 Å². The van der Waals surface area contributed by atoms with Crippen molar-refractivity contribution < 1.29 is 17.6 Å². The van der Waals surface area contributed by atoms with Crippen LogP contribution >= 0.6 is 0 Å². The maximum Gasteiger partial charge on any atom is 0.287 e. The van der Waals surface area contributed by atoms with Gasteiger partial charge in [0.1, 0.15) is 0 Å². The van der Waals surface area contributed by atoms with E-state index in [-0.39, 0.29) is 22.5 Å². The molecule has 1 atom stereocenters. The smallest absolute Gasteiger partial charge is 0.287 e. The van der Waals surface area contributed by atoms with Crippen molar-refractivity contribution in [2.24, 2.45) is 0 Å². The minimum atomic E-state index is -3.58. The average molecular weight is 441 g/mol. The highest BCUT2D eigenvalue weighted by Crippen LogP contribution is 2.22. The number of nitrogens with zero attached hydrogens (tertiary/aromatic N) is 1. The van der Waals surface area contributed by atoms with Crippen LogP contribution in [0.2, 0.25) is 0 Å². The van der Waals surface area contributed by atoms with Crippen LogP contribution in [0.3, 0.4) is 0 Å². The van der Waals surface area contributed by atoms with E-state index in [1.165, 1.54) is 12.3 Å². The Labute approximate surface area is 183 Å². The van der Waals surface area contributed by atoms with Crippen LogP contribution in [0.25, 0.3) is 0 Å². The van der Waals surface area contributed by atoms with E-state index in [1.54, 1.807) is 30.3 Å². The molecule has 1 amide bonds. The second-order valence-corrected chi connectivity index (χ2v) is 9.19. The number of carbonyl (C=O) groups excluding carboxylic acids is 1. The van der Waals surface area contributed by atoms with E-state index < -0.39 is 15.7 Å². The fourth-order valence-corrected chi connectivity index (χ4v) is 5.01. The van der Waals surface area contributed by atoms with Crippen molar-refractivity contribution in [2.75, 3.05) is 19.6 Å². The number of benzene rings is 2. The first kappa shape index (κ1) is 22.8. The largest absolute Gasteiger partial charge is 0.459 e. The number of sulfone groups is 1. The zero-order valence-electron chi connectivity index (χ0n) is 17.8. The third kappa shape index (κ3) is 5.62. The lowest BCUT2D eigenvalue weighted by atomic mass is 10.0. The Morgan fingerprint density at radius 1 is 0.968 bits per heavy atom. The number of hydrogen-bond donors (Lipinski definition) is 1. The minimum Gasteiger partial charge on any atom is -0.459 e.